The van der Waals surface area contributed by atoms with Gasteiger partial charge in [0.15, 0.2) is 5.84 Å². The first kappa shape index (κ1) is 15.9. The van der Waals surface area contributed by atoms with Crippen LogP contribution in [0.2, 0.25) is 10.0 Å². The molecule has 0 atom stereocenters. The van der Waals surface area contributed by atoms with Crippen molar-refractivity contribution in [2.75, 3.05) is 0 Å². The van der Waals surface area contributed by atoms with Gasteiger partial charge in [-0.05, 0) is 41.1 Å². The minimum absolute atomic E-state index is 0.114. The number of aryl methyl sites for hydroxylation is 1. The third kappa shape index (κ3) is 3.58. The van der Waals surface area contributed by atoms with Gasteiger partial charge in [0.2, 0.25) is 5.88 Å². The Bertz CT molecular complexity index is 723. The molecule has 0 aliphatic rings. The third-order valence-corrected chi connectivity index (χ3v) is 4.06. The molecule has 0 amide bonds. The highest BCUT2D eigenvalue weighted by Crippen LogP contribution is 2.36. The summed E-state index contributed by atoms with van der Waals surface area (Å²) < 4.78 is 6.31. The van der Waals surface area contributed by atoms with Crippen molar-refractivity contribution >= 4 is 45.0 Å². The van der Waals surface area contributed by atoms with Gasteiger partial charge in [-0.3, -0.25) is 0 Å². The Morgan fingerprint density at radius 1 is 1.33 bits per heavy atom. The number of amidine groups is 1. The summed E-state index contributed by atoms with van der Waals surface area (Å²) in [6.45, 7) is 1.79. The summed E-state index contributed by atoms with van der Waals surface area (Å²) in [5, 5.41) is 12.5. The largest absolute Gasteiger partial charge is 0.437 e. The lowest BCUT2D eigenvalue weighted by Gasteiger charge is -2.12. The van der Waals surface area contributed by atoms with Crippen molar-refractivity contribution in [3.63, 3.8) is 0 Å². The SMILES string of the molecule is Cc1ccc(/C(N)=N/O)c(Oc2cc(Cl)c(Br)cc2Cl)n1. The van der Waals surface area contributed by atoms with Gasteiger partial charge >= 0.3 is 0 Å². The number of aromatic nitrogens is 1. The summed E-state index contributed by atoms with van der Waals surface area (Å²) in [7, 11) is 0. The van der Waals surface area contributed by atoms with Crippen LogP contribution in [-0.4, -0.2) is 16.0 Å². The van der Waals surface area contributed by atoms with Gasteiger partial charge in [0.1, 0.15) is 5.75 Å². The lowest BCUT2D eigenvalue weighted by atomic mass is 10.2. The first-order valence-corrected chi connectivity index (χ1v) is 7.25. The molecule has 0 radical (unpaired) electrons. The van der Waals surface area contributed by atoms with E-state index >= 15 is 0 Å². The highest BCUT2D eigenvalue weighted by atomic mass is 79.9. The van der Waals surface area contributed by atoms with Gasteiger partial charge in [-0.25, -0.2) is 4.98 Å². The number of nitrogens with two attached hydrogens (primary N) is 1. The molecule has 0 bridgehead atoms. The van der Waals surface area contributed by atoms with Crippen molar-refractivity contribution < 1.29 is 9.94 Å². The molecule has 0 aliphatic carbocycles. The molecule has 0 fully saturated rings. The van der Waals surface area contributed by atoms with Crippen LogP contribution < -0.4 is 10.5 Å². The molecule has 1 heterocycles. The van der Waals surface area contributed by atoms with E-state index in [-0.39, 0.29) is 11.7 Å². The van der Waals surface area contributed by atoms with Crippen LogP contribution in [-0.2, 0) is 0 Å². The number of rotatable bonds is 3. The van der Waals surface area contributed by atoms with Crippen molar-refractivity contribution in [1.29, 1.82) is 0 Å². The smallest absolute Gasteiger partial charge is 0.230 e. The standard InChI is InChI=1S/C13H10BrCl2N3O2/c1-6-2-3-7(12(17)19-20)13(18-6)21-11-5-9(15)8(14)4-10(11)16/h2-5,20H,1H3,(H2,17,19). The fourth-order valence-electron chi connectivity index (χ4n) is 1.55. The summed E-state index contributed by atoms with van der Waals surface area (Å²) >= 11 is 15.4. The second-order valence-corrected chi connectivity index (χ2v) is 5.76. The molecule has 2 rings (SSSR count). The molecule has 0 saturated heterocycles. The lowest BCUT2D eigenvalue weighted by molar-refractivity contribution is 0.318. The molecule has 110 valence electrons. The number of hydrogen-bond donors (Lipinski definition) is 2. The molecular weight excluding hydrogens is 381 g/mol. The van der Waals surface area contributed by atoms with Gasteiger partial charge < -0.3 is 15.7 Å². The minimum atomic E-state index is -0.114. The Hall–Kier alpha value is -1.50. The second-order valence-electron chi connectivity index (χ2n) is 4.09. The van der Waals surface area contributed by atoms with E-state index in [4.69, 9.17) is 38.9 Å². The zero-order chi connectivity index (χ0) is 15.6. The van der Waals surface area contributed by atoms with Crippen LogP contribution in [0.3, 0.4) is 0 Å². The number of pyridine rings is 1. The fraction of sp³-hybridized carbons (Fsp3) is 0.0769. The molecule has 0 saturated carbocycles. The summed E-state index contributed by atoms with van der Waals surface area (Å²) in [5.41, 5.74) is 6.66. The van der Waals surface area contributed by atoms with Crippen LogP contribution in [0.5, 0.6) is 11.6 Å². The van der Waals surface area contributed by atoms with Gasteiger partial charge in [0.25, 0.3) is 0 Å². The zero-order valence-corrected chi connectivity index (χ0v) is 13.9. The van der Waals surface area contributed by atoms with Crippen LogP contribution in [0.15, 0.2) is 33.9 Å². The van der Waals surface area contributed by atoms with Gasteiger partial charge in [0.05, 0.1) is 15.6 Å². The number of hydrogen-bond acceptors (Lipinski definition) is 4. The Balaban J connectivity index is 2.49. The number of oxime groups is 1. The normalized spacial score (nSPS) is 11.5. The van der Waals surface area contributed by atoms with E-state index in [9.17, 15) is 0 Å². The predicted octanol–water partition coefficient (Wildman–Crippen LogP) is 4.35. The zero-order valence-electron chi connectivity index (χ0n) is 10.8. The first-order valence-electron chi connectivity index (χ1n) is 5.70. The molecule has 1 aromatic carbocycles. The Morgan fingerprint density at radius 2 is 2.05 bits per heavy atom. The number of nitrogens with zero attached hydrogens (tertiary/aromatic N) is 2. The predicted molar refractivity (Wildman–Crippen MR) is 85.7 cm³/mol. The molecular formula is C13H10BrCl2N3O2. The molecule has 0 aliphatic heterocycles. The van der Waals surface area contributed by atoms with Crippen LogP contribution in [0.1, 0.15) is 11.3 Å². The van der Waals surface area contributed by atoms with Crippen molar-refractivity contribution in [2.24, 2.45) is 10.9 Å². The molecule has 2 aromatic rings. The second kappa shape index (κ2) is 6.51. The van der Waals surface area contributed by atoms with E-state index in [0.29, 0.717) is 31.5 Å². The molecule has 0 spiro atoms. The summed E-state index contributed by atoms with van der Waals surface area (Å²) in [4.78, 5) is 4.22. The third-order valence-electron chi connectivity index (χ3n) is 2.56. The average molecular weight is 391 g/mol. The van der Waals surface area contributed by atoms with E-state index in [1.807, 2.05) is 0 Å². The van der Waals surface area contributed by atoms with Crippen LogP contribution in [0.25, 0.3) is 0 Å². The highest BCUT2D eigenvalue weighted by molar-refractivity contribution is 9.10. The number of benzene rings is 1. The Kier molecular flexibility index (Phi) is 4.92. The topological polar surface area (TPSA) is 80.7 Å². The molecule has 8 heteroatoms. The van der Waals surface area contributed by atoms with Gasteiger partial charge in [-0.2, -0.15) is 0 Å². The van der Waals surface area contributed by atoms with Gasteiger partial charge in [-0.1, -0.05) is 28.4 Å². The lowest BCUT2D eigenvalue weighted by Crippen LogP contribution is -2.15. The Labute approximate surface area is 139 Å². The van der Waals surface area contributed by atoms with Crippen molar-refractivity contribution in [3.05, 3.63) is 50.0 Å². The maximum absolute atomic E-state index is 8.81. The molecule has 21 heavy (non-hydrogen) atoms. The van der Waals surface area contributed by atoms with Crippen LogP contribution in [0, 0.1) is 6.92 Å². The molecule has 0 unspecified atom stereocenters. The van der Waals surface area contributed by atoms with E-state index < -0.39 is 0 Å². The van der Waals surface area contributed by atoms with Crippen LogP contribution >= 0.6 is 39.1 Å². The summed E-state index contributed by atoms with van der Waals surface area (Å²) in [6.07, 6.45) is 0. The quantitative estimate of drug-likeness (QED) is 0.268. The van der Waals surface area contributed by atoms with E-state index in [1.165, 1.54) is 0 Å². The summed E-state index contributed by atoms with van der Waals surface area (Å²) in [6, 6.07) is 6.52. The van der Waals surface area contributed by atoms with E-state index in [0.717, 1.165) is 0 Å². The highest BCUT2D eigenvalue weighted by Gasteiger charge is 2.14. The number of halogens is 3. The van der Waals surface area contributed by atoms with Crippen molar-refractivity contribution in [3.8, 4) is 11.6 Å². The van der Waals surface area contributed by atoms with Crippen LogP contribution in [0.4, 0.5) is 0 Å². The van der Waals surface area contributed by atoms with Gasteiger partial charge in [-0.15, -0.1) is 0 Å². The minimum Gasteiger partial charge on any atom is -0.437 e. The monoisotopic (exact) mass is 389 g/mol. The fourth-order valence-corrected chi connectivity index (χ4v) is 2.38. The first-order chi connectivity index (χ1) is 9.92. The van der Waals surface area contributed by atoms with Crippen molar-refractivity contribution in [1.82, 2.24) is 4.98 Å². The van der Waals surface area contributed by atoms with E-state index in [2.05, 4.69) is 26.1 Å². The van der Waals surface area contributed by atoms with Crippen molar-refractivity contribution in [2.45, 2.75) is 6.92 Å². The Morgan fingerprint density at radius 3 is 2.71 bits per heavy atom. The molecule has 5 nitrogen and oxygen atoms in total. The number of ether oxygens (including phenoxy) is 1. The maximum atomic E-state index is 8.81. The van der Waals surface area contributed by atoms with E-state index in [1.54, 1.807) is 31.2 Å². The summed E-state index contributed by atoms with van der Waals surface area (Å²) in [5.74, 6) is 0.373. The maximum Gasteiger partial charge on any atom is 0.230 e. The molecule has 1 aromatic heterocycles. The van der Waals surface area contributed by atoms with Gasteiger partial charge in [0, 0.05) is 16.2 Å². The molecule has 3 N–H and O–H groups in total. The average Bonchev–Trinajstić information content (AvgIpc) is 2.44.